The van der Waals surface area contributed by atoms with Gasteiger partial charge in [0, 0.05) is 16.6 Å². The van der Waals surface area contributed by atoms with Crippen molar-refractivity contribution in [2.45, 2.75) is 20.3 Å². The summed E-state index contributed by atoms with van der Waals surface area (Å²) in [7, 11) is 1.38. The van der Waals surface area contributed by atoms with Crippen molar-refractivity contribution in [2.75, 3.05) is 31.0 Å². The lowest BCUT2D eigenvalue weighted by atomic mass is 10.1. The van der Waals surface area contributed by atoms with Crippen LogP contribution in [0.4, 0.5) is 10.7 Å². The van der Waals surface area contributed by atoms with Crippen LogP contribution >= 0.6 is 23.6 Å². The van der Waals surface area contributed by atoms with Gasteiger partial charge >= 0.3 is 5.97 Å². The summed E-state index contributed by atoms with van der Waals surface area (Å²) in [4.78, 5) is 13.2. The molecular weight excluding hydrogens is 372 g/mol. The molecule has 2 heterocycles. The van der Waals surface area contributed by atoms with Crippen LogP contribution < -0.4 is 20.1 Å². The van der Waals surface area contributed by atoms with E-state index in [1.807, 2.05) is 32.0 Å². The van der Waals surface area contributed by atoms with E-state index in [9.17, 15) is 4.79 Å². The molecule has 0 spiro atoms. The third-order valence-electron chi connectivity index (χ3n) is 3.98. The number of ether oxygens (including phenoxy) is 3. The van der Waals surface area contributed by atoms with Crippen LogP contribution in [0.25, 0.3) is 0 Å². The van der Waals surface area contributed by atoms with Gasteiger partial charge in [-0.1, -0.05) is 6.92 Å². The van der Waals surface area contributed by atoms with E-state index in [0.29, 0.717) is 34.6 Å². The molecule has 0 bridgehead atoms. The summed E-state index contributed by atoms with van der Waals surface area (Å²) < 4.78 is 16.0. The number of thiocarbonyl (C=S) groups is 1. The second-order valence-electron chi connectivity index (χ2n) is 5.62. The highest BCUT2D eigenvalue weighted by Gasteiger charge is 2.22. The lowest BCUT2D eigenvalue weighted by Gasteiger charge is -2.19. The van der Waals surface area contributed by atoms with Crippen LogP contribution in [-0.2, 0) is 11.2 Å². The first kappa shape index (κ1) is 18.5. The molecule has 0 amide bonds. The molecule has 0 radical (unpaired) electrons. The fourth-order valence-electron chi connectivity index (χ4n) is 2.80. The van der Waals surface area contributed by atoms with E-state index in [4.69, 9.17) is 26.4 Å². The van der Waals surface area contributed by atoms with E-state index in [0.717, 1.165) is 28.3 Å². The Bertz CT molecular complexity index is 848. The molecule has 1 aliphatic rings. The maximum absolute atomic E-state index is 12.2. The SMILES string of the molecule is CCc1c(C)sc(NC(=S)Nc2ccc3c(c2)OCCO3)c1C(=O)OC. The standard InChI is InChI=1S/C18H20N2O4S2/c1-4-12-10(2)26-16(15(12)17(21)22-3)20-18(25)19-11-5-6-13-14(9-11)24-8-7-23-13/h5-6,9H,4,7-8H2,1-3H3,(H2,19,20,25). The zero-order valence-electron chi connectivity index (χ0n) is 14.8. The molecule has 0 saturated carbocycles. The molecule has 0 aliphatic carbocycles. The lowest BCUT2D eigenvalue weighted by molar-refractivity contribution is 0.0601. The van der Waals surface area contributed by atoms with Gasteiger partial charge in [-0.25, -0.2) is 4.79 Å². The van der Waals surface area contributed by atoms with Crippen molar-refractivity contribution >= 4 is 45.3 Å². The van der Waals surface area contributed by atoms with Crippen molar-refractivity contribution in [3.63, 3.8) is 0 Å². The number of fused-ring (bicyclic) bond motifs is 1. The highest BCUT2D eigenvalue weighted by molar-refractivity contribution is 7.80. The summed E-state index contributed by atoms with van der Waals surface area (Å²) in [5.41, 5.74) is 2.30. The summed E-state index contributed by atoms with van der Waals surface area (Å²) >= 11 is 6.89. The number of benzene rings is 1. The third kappa shape index (κ3) is 3.76. The summed E-state index contributed by atoms with van der Waals surface area (Å²) in [6.45, 7) is 5.07. The van der Waals surface area contributed by atoms with Crippen LogP contribution in [0.5, 0.6) is 11.5 Å². The van der Waals surface area contributed by atoms with E-state index in [2.05, 4.69) is 10.6 Å². The molecule has 3 rings (SSSR count). The predicted octanol–water partition coefficient (Wildman–Crippen LogP) is 3.99. The van der Waals surface area contributed by atoms with Crippen LogP contribution in [0.1, 0.15) is 27.7 Å². The average molecular weight is 393 g/mol. The maximum atomic E-state index is 12.2. The van der Waals surface area contributed by atoms with Crippen LogP contribution in [0.15, 0.2) is 18.2 Å². The molecule has 1 aliphatic heterocycles. The van der Waals surface area contributed by atoms with Gasteiger partial charge in [0.1, 0.15) is 18.2 Å². The fraction of sp³-hybridized carbons (Fsp3) is 0.333. The molecule has 6 nitrogen and oxygen atoms in total. The topological polar surface area (TPSA) is 68.8 Å². The molecule has 1 aromatic heterocycles. The zero-order chi connectivity index (χ0) is 18.7. The molecule has 2 N–H and O–H groups in total. The molecule has 0 saturated heterocycles. The monoisotopic (exact) mass is 392 g/mol. The van der Waals surface area contributed by atoms with Crippen molar-refractivity contribution in [1.29, 1.82) is 0 Å². The Balaban J connectivity index is 1.77. The molecule has 0 fully saturated rings. The van der Waals surface area contributed by atoms with Gasteiger partial charge < -0.3 is 24.8 Å². The summed E-state index contributed by atoms with van der Waals surface area (Å²) in [5.74, 6) is 1.03. The largest absolute Gasteiger partial charge is 0.486 e. The quantitative estimate of drug-likeness (QED) is 0.602. The van der Waals surface area contributed by atoms with Crippen LogP contribution in [-0.4, -0.2) is 31.4 Å². The van der Waals surface area contributed by atoms with Crippen LogP contribution in [0, 0.1) is 6.92 Å². The second kappa shape index (κ2) is 7.92. The molecule has 8 heteroatoms. The average Bonchev–Trinajstić information content (AvgIpc) is 2.95. The number of hydrogen-bond acceptors (Lipinski definition) is 6. The van der Waals surface area contributed by atoms with Crippen LogP contribution in [0.3, 0.4) is 0 Å². The number of nitrogens with one attached hydrogen (secondary N) is 2. The van der Waals surface area contributed by atoms with Gasteiger partial charge in [-0.2, -0.15) is 0 Å². The first-order chi connectivity index (χ1) is 12.5. The number of methoxy groups -OCH3 is 1. The number of carbonyl (C=O) groups excluding carboxylic acids is 1. The molecule has 26 heavy (non-hydrogen) atoms. The first-order valence-electron chi connectivity index (χ1n) is 8.21. The Hall–Kier alpha value is -2.32. The number of aryl methyl sites for hydroxylation is 1. The van der Waals surface area contributed by atoms with E-state index in [1.165, 1.54) is 18.4 Å². The van der Waals surface area contributed by atoms with E-state index in [-0.39, 0.29) is 5.97 Å². The Kier molecular flexibility index (Phi) is 5.63. The van der Waals surface area contributed by atoms with Crippen molar-refractivity contribution in [3.05, 3.63) is 34.2 Å². The minimum Gasteiger partial charge on any atom is -0.486 e. The van der Waals surface area contributed by atoms with E-state index < -0.39 is 0 Å². The number of esters is 1. The maximum Gasteiger partial charge on any atom is 0.341 e. The summed E-state index contributed by atoms with van der Waals surface area (Å²) in [6, 6.07) is 5.53. The normalized spacial score (nSPS) is 12.4. The van der Waals surface area contributed by atoms with Gasteiger partial charge in [-0.3, -0.25) is 0 Å². The van der Waals surface area contributed by atoms with Crippen molar-refractivity contribution in [3.8, 4) is 11.5 Å². The van der Waals surface area contributed by atoms with Gasteiger partial charge in [-0.15, -0.1) is 11.3 Å². The molecule has 0 atom stereocenters. The molecule has 1 aromatic carbocycles. The van der Waals surface area contributed by atoms with Gasteiger partial charge in [0.05, 0.1) is 12.7 Å². The number of anilines is 2. The smallest absolute Gasteiger partial charge is 0.341 e. The first-order valence-corrected chi connectivity index (χ1v) is 9.44. The fourth-order valence-corrected chi connectivity index (χ4v) is 4.22. The molecule has 138 valence electrons. The Labute approximate surface area is 161 Å². The zero-order valence-corrected chi connectivity index (χ0v) is 16.4. The Morgan fingerprint density at radius 3 is 2.69 bits per heavy atom. The Morgan fingerprint density at radius 2 is 2.00 bits per heavy atom. The van der Waals surface area contributed by atoms with Gasteiger partial charge in [-0.05, 0) is 43.3 Å². The van der Waals surface area contributed by atoms with Gasteiger partial charge in [0.25, 0.3) is 0 Å². The van der Waals surface area contributed by atoms with Crippen molar-refractivity contribution in [1.82, 2.24) is 0 Å². The summed E-state index contributed by atoms with van der Waals surface area (Å²) in [5, 5.41) is 7.29. The summed E-state index contributed by atoms with van der Waals surface area (Å²) in [6.07, 6.45) is 0.747. The number of rotatable bonds is 4. The molecule has 0 unspecified atom stereocenters. The lowest BCUT2D eigenvalue weighted by Crippen LogP contribution is -2.21. The third-order valence-corrected chi connectivity index (χ3v) is 5.25. The van der Waals surface area contributed by atoms with Crippen LogP contribution in [0.2, 0.25) is 0 Å². The number of thiophene rings is 1. The molecule has 2 aromatic rings. The van der Waals surface area contributed by atoms with Gasteiger partial charge in [0.15, 0.2) is 16.6 Å². The van der Waals surface area contributed by atoms with Crippen molar-refractivity contribution in [2.24, 2.45) is 0 Å². The highest BCUT2D eigenvalue weighted by atomic mass is 32.1. The Morgan fingerprint density at radius 1 is 1.27 bits per heavy atom. The minimum atomic E-state index is -0.365. The minimum absolute atomic E-state index is 0.365. The number of hydrogen-bond donors (Lipinski definition) is 2. The molecular formula is C18H20N2O4S2. The van der Waals surface area contributed by atoms with Crippen molar-refractivity contribution < 1.29 is 19.0 Å². The van der Waals surface area contributed by atoms with E-state index in [1.54, 1.807) is 0 Å². The predicted molar refractivity (Wildman–Crippen MR) is 107 cm³/mol. The van der Waals surface area contributed by atoms with E-state index >= 15 is 0 Å². The number of carbonyl (C=O) groups is 1. The highest BCUT2D eigenvalue weighted by Crippen LogP contribution is 2.35. The second-order valence-corrected chi connectivity index (χ2v) is 7.26. The van der Waals surface area contributed by atoms with Gasteiger partial charge in [0.2, 0.25) is 0 Å².